The Hall–Kier alpha value is -0.490. The van der Waals surface area contributed by atoms with Crippen LogP contribution >= 0.6 is 35.6 Å². The summed E-state index contributed by atoms with van der Waals surface area (Å²) in [4.78, 5) is 6.45. The molecule has 0 atom stereocenters. The third kappa shape index (κ3) is 7.01. The number of benzene rings is 1. The van der Waals surface area contributed by atoms with Crippen molar-refractivity contribution < 1.29 is 0 Å². The van der Waals surface area contributed by atoms with E-state index in [0.717, 1.165) is 37.5 Å². The van der Waals surface area contributed by atoms with Crippen LogP contribution in [0.3, 0.4) is 0 Å². The molecule has 0 fully saturated rings. The summed E-state index contributed by atoms with van der Waals surface area (Å²) in [6.07, 6.45) is 2.01. The van der Waals surface area contributed by atoms with E-state index in [0.29, 0.717) is 5.96 Å². The van der Waals surface area contributed by atoms with Gasteiger partial charge in [-0.25, -0.2) is 0 Å². The van der Waals surface area contributed by atoms with Gasteiger partial charge in [0, 0.05) is 24.7 Å². The first-order valence-electron chi connectivity index (χ1n) is 6.46. The highest BCUT2D eigenvalue weighted by Crippen LogP contribution is 2.10. The minimum Gasteiger partial charge on any atom is -0.370 e. The second-order valence-electron chi connectivity index (χ2n) is 4.14. The zero-order valence-corrected chi connectivity index (χ0v) is 14.7. The Labute approximate surface area is 138 Å². The van der Waals surface area contributed by atoms with Crippen LogP contribution in [0.5, 0.6) is 0 Å². The molecule has 0 aliphatic rings. The van der Waals surface area contributed by atoms with Crippen molar-refractivity contribution in [1.29, 1.82) is 0 Å². The van der Waals surface area contributed by atoms with Crippen LogP contribution in [-0.2, 0) is 6.42 Å². The molecule has 0 heterocycles. The number of rotatable bonds is 6. The largest absolute Gasteiger partial charge is 0.370 e. The molecule has 3 nitrogen and oxygen atoms in total. The molecule has 0 saturated heterocycles. The molecule has 0 aromatic heterocycles. The molecule has 0 spiro atoms. The van der Waals surface area contributed by atoms with E-state index >= 15 is 0 Å². The lowest BCUT2D eigenvalue weighted by molar-refractivity contribution is 0.458. The van der Waals surface area contributed by atoms with E-state index < -0.39 is 0 Å². The molecule has 0 aliphatic carbocycles. The number of hydrogen-bond donors (Lipinski definition) is 1. The number of nitrogens with zero attached hydrogens (tertiary/aromatic N) is 2. The SMILES string of the molecule is CCN(CC)C(N)=NCCCc1ccc(Cl)cc1.I. The molecule has 1 aromatic carbocycles. The van der Waals surface area contributed by atoms with Crippen LogP contribution in [0.2, 0.25) is 5.02 Å². The molecule has 0 unspecified atom stereocenters. The summed E-state index contributed by atoms with van der Waals surface area (Å²) in [6, 6.07) is 7.95. The highest BCUT2D eigenvalue weighted by atomic mass is 127. The monoisotopic (exact) mass is 395 g/mol. The van der Waals surface area contributed by atoms with Crippen molar-refractivity contribution in [2.24, 2.45) is 10.7 Å². The molecule has 0 amide bonds. The van der Waals surface area contributed by atoms with Gasteiger partial charge in [0.2, 0.25) is 0 Å². The third-order valence-electron chi connectivity index (χ3n) is 2.90. The zero-order valence-electron chi connectivity index (χ0n) is 11.6. The molecule has 19 heavy (non-hydrogen) atoms. The summed E-state index contributed by atoms with van der Waals surface area (Å²) in [5.74, 6) is 0.649. The number of nitrogens with two attached hydrogens (primary N) is 1. The first kappa shape index (κ1) is 18.5. The maximum absolute atomic E-state index is 5.90. The predicted octanol–water partition coefficient (Wildman–Crippen LogP) is 3.55. The fourth-order valence-electron chi connectivity index (χ4n) is 1.78. The summed E-state index contributed by atoms with van der Waals surface area (Å²) >= 11 is 5.84. The van der Waals surface area contributed by atoms with Gasteiger partial charge in [-0.2, -0.15) is 0 Å². The van der Waals surface area contributed by atoms with Crippen LogP contribution in [0.25, 0.3) is 0 Å². The maximum Gasteiger partial charge on any atom is 0.191 e. The van der Waals surface area contributed by atoms with Crippen molar-refractivity contribution in [3.63, 3.8) is 0 Å². The minimum atomic E-state index is 0. The van der Waals surface area contributed by atoms with Crippen LogP contribution in [-0.4, -0.2) is 30.5 Å². The van der Waals surface area contributed by atoms with Crippen LogP contribution in [0.15, 0.2) is 29.3 Å². The van der Waals surface area contributed by atoms with Crippen molar-refractivity contribution in [1.82, 2.24) is 4.90 Å². The lowest BCUT2D eigenvalue weighted by Crippen LogP contribution is -2.37. The lowest BCUT2D eigenvalue weighted by atomic mass is 10.1. The molecule has 1 aromatic rings. The minimum absolute atomic E-state index is 0. The topological polar surface area (TPSA) is 41.6 Å². The molecular formula is C14H23ClIN3. The lowest BCUT2D eigenvalue weighted by Gasteiger charge is -2.19. The first-order chi connectivity index (χ1) is 8.67. The van der Waals surface area contributed by atoms with Gasteiger partial charge in [0.15, 0.2) is 5.96 Å². The van der Waals surface area contributed by atoms with E-state index in [2.05, 4.69) is 35.9 Å². The normalized spacial score (nSPS) is 11.0. The summed E-state index contributed by atoms with van der Waals surface area (Å²) < 4.78 is 0. The second-order valence-corrected chi connectivity index (χ2v) is 4.58. The highest BCUT2D eigenvalue weighted by molar-refractivity contribution is 14.0. The molecule has 0 saturated carbocycles. The van der Waals surface area contributed by atoms with Crippen molar-refractivity contribution in [2.45, 2.75) is 26.7 Å². The number of guanidine groups is 1. The Balaban J connectivity index is 0.00000324. The van der Waals surface area contributed by atoms with E-state index in [9.17, 15) is 0 Å². The van der Waals surface area contributed by atoms with Crippen LogP contribution in [0.4, 0.5) is 0 Å². The van der Waals surface area contributed by atoms with E-state index in [4.69, 9.17) is 17.3 Å². The number of aliphatic imine (C=N–C) groups is 1. The molecule has 1 rings (SSSR count). The van der Waals surface area contributed by atoms with E-state index in [1.165, 1.54) is 5.56 Å². The average Bonchev–Trinajstić information content (AvgIpc) is 2.38. The standard InChI is InChI=1S/C14H22ClN3.HI/c1-3-18(4-2)14(16)17-11-5-6-12-7-9-13(15)10-8-12;/h7-10H,3-6,11H2,1-2H3,(H2,16,17);1H. The number of halogens is 2. The highest BCUT2D eigenvalue weighted by Gasteiger charge is 2.01. The van der Waals surface area contributed by atoms with Gasteiger partial charge in [-0.1, -0.05) is 23.7 Å². The number of hydrogen-bond acceptors (Lipinski definition) is 1. The zero-order chi connectivity index (χ0) is 13.4. The van der Waals surface area contributed by atoms with E-state index in [-0.39, 0.29) is 24.0 Å². The van der Waals surface area contributed by atoms with Crippen molar-refractivity contribution in [3.8, 4) is 0 Å². The Morgan fingerprint density at radius 2 is 1.79 bits per heavy atom. The van der Waals surface area contributed by atoms with Gasteiger partial charge in [0.1, 0.15) is 0 Å². The summed E-state index contributed by atoms with van der Waals surface area (Å²) in [5.41, 5.74) is 7.18. The quantitative estimate of drug-likeness (QED) is 0.346. The van der Waals surface area contributed by atoms with Crippen LogP contribution < -0.4 is 5.73 Å². The van der Waals surface area contributed by atoms with Crippen molar-refractivity contribution in [2.75, 3.05) is 19.6 Å². The van der Waals surface area contributed by atoms with Crippen molar-refractivity contribution in [3.05, 3.63) is 34.9 Å². The molecule has 5 heteroatoms. The van der Waals surface area contributed by atoms with Gasteiger partial charge in [-0.3, -0.25) is 4.99 Å². The predicted molar refractivity (Wildman–Crippen MR) is 94.6 cm³/mol. The van der Waals surface area contributed by atoms with Crippen molar-refractivity contribution >= 4 is 41.5 Å². The Morgan fingerprint density at radius 3 is 2.32 bits per heavy atom. The van der Waals surface area contributed by atoms with Gasteiger partial charge in [0.25, 0.3) is 0 Å². The third-order valence-corrected chi connectivity index (χ3v) is 3.15. The van der Waals surface area contributed by atoms with E-state index in [1.54, 1.807) is 0 Å². The number of aryl methyl sites for hydroxylation is 1. The molecular weight excluding hydrogens is 373 g/mol. The van der Waals surface area contributed by atoms with Gasteiger partial charge < -0.3 is 10.6 Å². The fraction of sp³-hybridized carbons (Fsp3) is 0.500. The molecule has 0 radical (unpaired) electrons. The fourth-order valence-corrected chi connectivity index (χ4v) is 1.90. The van der Waals surface area contributed by atoms with Crippen LogP contribution in [0, 0.1) is 0 Å². The maximum atomic E-state index is 5.90. The molecule has 2 N–H and O–H groups in total. The Kier molecular flexibility index (Phi) is 10.0. The summed E-state index contributed by atoms with van der Waals surface area (Å²) in [7, 11) is 0. The van der Waals surface area contributed by atoms with Gasteiger partial charge >= 0.3 is 0 Å². The summed E-state index contributed by atoms with van der Waals surface area (Å²) in [6.45, 7) is 6.75. The summed E-state index contributed by atoms with van der Waals surface area (Å²) in [5, 5.41) is 0.780. The Bertz CT molecular complexity index is 375. The second kappa shape index (κ2) is 10.3. The molecule has 108 valence electrons. The van der Waals surface area contributed by atoms with Gasteiger partial charge in [-0.05, 0) is 44.4 Å². The Morgan fingerprint density at radius 1 is 1.21 bits per heavy atom. The van der Waals surface area contributed by atoms with Crippen LogP contribution in [0.1, 0.15) is 25.8 Å². The molecule has 0 bridgehead atoms. The average molecular weight is 396 g/mol. The molecule has 0 aliphatic heterocycles. The van der Waals surface area contributed by atoms with Gasteiger partial charge in [-0.15, -0.1) is 24.0 Å². The van der Waals surface area contributed by atoms with E-state index in [1.807, 2.05) is 12.1 Å². The first-order valence-corrected chi connectivity index (χ1v) is 6.84. The smallest absolute Gasteiger partial charge is 0.191 e. The van der Waals surface area contributed by atoms with Gasteiger partial charge in [0.05, 0.1) is 0 Å².